The molecule has 3 atom stereocenters. The first-order valence-corrected chi connectivity index (χ1v) is 9.10. The predicted octanol–water partition coefficient (Wildman–Crippen LogP) is 4.87. The topological polar surface area (TPSA) is 29.5 Å². The number of carbonyl (C=O) groups excluding carboxylic acids is 1. The second-order valence-corrected chi connectivity index (χ2v) is 6.66. The van der Waals surface area contributed by atoms with Crippen LogP contribution in [-0.2, 0) is 4.74 Å². The van der Waals surface area contributed by atoms with E-state index >= 15 is 0 Å². The normalized spacial score (nSPS) is 24.7. The van der Waals surface area contributed by atoms with Gasteiger partial charge in [0.15, 0.2) is 0 Å². The molecule has 3 nitrogen and oxygen atoms in total. The summed E-state index contributed by atoms with van der Waals surface area (Å²) in [6.07, 6.45) is 3.63. The third-order valence-electron chi connectivity index (χ3n) is 5.50. The maximum absolute atomic E-state index is 13.2. The Kier molecular flexibility index (Phi) is 5.85. The SMILES string of the molecule is CCC(C)[C@@H]1N(C(=O)c2ccccc2)[C@H](CC)OC1(CC)CC. The summed E-state index contributed by atoms with van der Waals surface area (Å²) in [5.74, 6) is 0.519. The van der Waals surface area contributed by atoms with Crippen molar-refractivity contribution >= 4 is 5.91 Å². The van der Waals surface area contributed by atoms with E-state index in [1.165, 1.54) is 0 Å². The summed E-state index contributed by atoms with van der Waals surface area (Å²) < 4.78 is 6.49. The molecule has 3 heteroatoms. The first-order valence-electron chi connectivity index (χ1n) is 9.10. The molecule has 0 radical (unpaired) electrons. The molecule has 0 aliphatic carbocycles. The van der Waals surface area contributed by atoms with Crippen molar-refractivity contribution in [3.63, 3.8) is 0 Å². The van der Waals surface area contributed by atoms with Crippen LogP contribution in [-0.4, -0.2) is 28.7 Å². The van der Waals surface area contributed by atoms with Gasteiger partial charge in [-0.3, -0.25) is 4.79 Å². The van der Waals surface area contributed by atoms with Crippen LogP contribution in [0.5, 0.6) is 0 Å². The second-order valence-electron chi connectivity index (χ2n) is 6.66. The largest absolute Gasteiger partial charge is 0.350 e. The van der Waals surface area contributed by atoms with E-state index in [-0.39, 0.29) is 23.8 Å². The van der Waals surface area contributed by atoms with Gasteiger partial charge in [0.2, 0.25) is 0 Å². The number of rotatable bonds is 6. The Morgan fingerprint density at radius 1 is 1.17 bits per heavy atom. The Morgan fingerprint density at radius 3 is 2.26 bits per heavy atom. The summed E-state index contributed by atoms with van der Waals surface area (Å²) in [7, 11) is 0. The lowest BCUT2D eigenvalue weighted by Crippen LogP contribution is -2.51. The Balaban J connectivity index is 2.46. The van der Waals surface area contributed by atoms with Crippen LogP contribution in [0, 0.1) is 5.92 Å². The standard InChI is InChI=1S/C20H31NO2/c1-6-15(5)18-20(8-3,9-4)23-17(7-2)21(18)19(22)16-13-11-10-12-14-16/h10-15,17-18H,6-9H2,1-5H3/t15?,17-,18-/m0/s1. The van der Waals surface area contributed by atoms with Gasteiger partial charge in [-0.25, -0.2) is 0 Å². The van der Waals surface area contributed by atoms with Crippen LogP contribution in [0.3, 0.4) is 0 Å². The second kappa shape index (κ2) is 7.48. The van der Waals surface area contributed by atoms with Crippen LogP contribution in [0.4, 0.5) is 0 Å². The maximum atomic E-state index is 13.2. The fourth-order valence-corrected chi connectivity index (χ4v) is 3.95. The average Bonchev–Trinajstić information content (AvgIpc) is 2.96. The molecule has 0 aromatic heterocycles. The van der Waals surface area contributed by atoms with Crippen molar-refractivity contribution in [1.29, 1.82) is 0 Å². The van der Waals surface area contributed by atoms with Crippen molar-refractivity contribution in [3.05, 3.63) is 35.9 Å². The molecular weight excluding hydrogens is 286 g/mol. The molecule has 1 fully saturated rings. The highest BCUT2D eigenvalue weighted by molar-refractivity contribution is 5.94. The monoisotopic (exact) mass is 317 g/mol. The number of benzene rings is 1. The van der Waals surface area contributed by atoms with E-state index in [4.69, 9.17) is 4.74 Å². The Bertz CT molecular complexity index is 510. The predicted molar refractivity (Wildman–Crippen MR) is 94.3 cm³/mol. The van der Waals surface area contributed by atoms with Gasteiger partial charge >= 0.3 is 0 Å². The zero-order valence-corrected chi connectivity index (χ0v) is 15.2. The molecule has 128 valence electrons. The van der Waals surface area contributed by atoms with Crippen LogP contribution >= 0.6 is 0 Å². The van der Waals surface area contributed by atoms with Gasteiger partial charge in [-0.15, -0.1) is 0 Å². The highest BCUT2D eigenvalue weighted by atomic mass is 16.5. The lowest BCUT2D eigenvalue weighted by atomic mass is 9.80. The molecule has 23 heavy (non-hydrogen) atoms. The van der Waals surface area contributed by atoms with Crippen molar-refractivity contribution in [2.45, 2.75) is 78.2 Å². The van der Waals surface area contributed by atoms with E-state index in [0.717, 1.165) is 31.2 Å². The van der Waals surface area contributed by atoms with Crippen LogP contribution in [0.2, 0.25) is 0 Å². The number of ether oxygens (including phenoxy) is 1. The van der Waals surface area contributed by atoms with Gasteiger partial charge in [0, 0.05) is 5.56 Å². The fraction of sp³-hybridized carbons (Fsp3) is 0.650. The van der Waals surface area contributed by atoms with Gasteiger partial charge in [-0.05, 0) is 37.3 Å². The van der Waals surface area contributed by atoms with Crippen molar-refractivity contribution in [1.82, 2.24) is 4.90 Å². The van der Waals surface area contributed by atoms with Crippen molar-refractivity contribution < 1.29 is 9.53 Å². The Morgan fingerprint density at radius 2 is 1.78 bits per heavy atom. The summed E-state index contributed by atoms with van der Waals surface area (Å²) in [6.45, 7) is 10.9. The zero-order valence-electron chi connectivity index (χ0n) is 15.2. The first-order chi connectivity index (χ1) is 11.0. The summed E-state index contributed by atoms with van der Waals surface area (Å²) in [5, 5.41) is 0. The van der Waals surface area contributed by atoms with E-state index in [9.17, 15) is 4.79 Å². The third-order valence-corrected chi connectivity index (χ3v) is 5.50. The van der Waals surface area contributed by atoms with Gasteiger partial charge in [0.25, 0.3) is 5.91 Å². The number of nitrogens with zero attached hydrogens (tertiary/aromatic N) is 1. The van der Waals surface area contributed by atoms with Crippen LogP contribution < -0.4 is 0 Å². The zero-order chi connectivity index (χ0) is 17.0. The summed E-state index contributed by atoms with van der Waals surface area (Å²) in [5.41, 5.74) is 0.534. The maximum Gasteiger partial charge on any atom is 0.256 e. The number of carbonyl (C=O) groups is 1. The van der Waals surface area contributed by atoms with E-state index in [1.807, 2.05) is 35.2 Å². The van der Waals surface area contributed by atoms with E-state index in [0.29, 0.717) is 5.92 Å². The Hall–Kier alpha value is -1.35. The number of hydrogen-bond acceptors (Lipinski definition) is 2. The lowest BCUT2D eigenvalue weighted by Gasteiger charge is -2.38. The molecule has 0 spiro atoms. The Labute approximate surface area is 141 Å². The molecule has 2 rings (SSSR count). The van der Waals surface area contributed by atoms with Crippen molar-refractivity contribution in [2.75, 3.05) is 0 Å². The smallest absolute Gasteiger partial charge is 0.256 e. The van der Waals surface area contributed by atoms with Crippen molar-refractivity contribution in [3.8, 4) is 0 Å². The van der Waals surface area contributed by atoms with Crippen molar-refractivity contribution in [2.24, 2.45) is 5.92 Å². The molecule has 1 heterocycles. The van der Waals surface area contributed by atoms with Crippen LogP contribution in [0.1, 0.15) is 70.7 Å². The summed E-state index contributed by atoms with van der Waals surface area (Å²) in [4.78, 5) is 15.3. The quantitative estimate of drug-likeness (QED) is 0.749. The molecule has 1 aromatic carbocycles. The third kappa shape index (κ3) is 3.16. The van der Waals surface area contributed by atoms with E-state index in [1.54, 1.807) is 0 Å². The molecule has 1 unspecified atom stereocenters. The summed E-state index contributed by atoms with van der Waals surface area (Å²) in [6, 6.07) is 9.75. The summed E-state index contributed by atoms with van der Waals surface area (Å²) >= 11 is 0. The average molecular weight is 317 g/mol. The molecule has 0 bridgehead atoms. The molecule has 1 saturated heterocycles. The highest BCUT2D eigenvalue weighted by Crippen LogP contribution is 2.43. The number of amides is 1. The first kappa shape index (κ1) is 18.0. The minimum absolute atomic E-state index is 0.103. The lowest BCUT2D eigenvalue weighted by molar-refractivity contribution is -0.0650. The van der Waals surface area contributed by atoms with Gasteiger partial charge in [0.1, 0.15) is 6.23 Å². The number of hydrogen-bond donors (Lipinski definition) is 0. The van der Waals surface area contributed by atoms with Gasteiger partial charge in [-0.1, -0.05) is 59.2 Å². The molecular formula is C20H31NO2. The molecule has 0 saturated carbocycles. The minimum Gasteiger partial charge on any atom is -0.350 e. The molecule has 1 aliphatic rings. The molecule has 0 N–H and O–H groups in total. The minimum atomic E-state index is -0.222. The van der Waals surface area contributed by atoms with Crippen LogP contribution in [0.25, 0.3) is 0 Å². The highest BCUT2D eigenvalue weighted by Gasteiger charge is 2.54. The van der Waals surface area contributed by atoms with E-state index < -0.39 is 0 Å². The van der Waals surface area contributed by atoms with Gasteiger partial charge in [-0.2, -0.15) is 0 Å². The van der Waals surface area contributed by atoms with Gasteiger partial charge in [0.05, 0.1) is 11.6 Å². The molecule has 1 aliphatic heterocycles. The van der Waals surface area contributed by atoms with Gasteiger partial charge < -0.3 is 9.64 Å². The van der Waals surface area contributed by atoms with E-state index in [2.05, 4.69) is 34.6 Å². The molecule has 1 amide bonds. The molecule has 1 aromatic rings. The van der Waals surface area contributed by atoms with Crippen LogP contribution in [0.15, 0.2) is 30.3 Å². The fourth-order valence-electron chi connectivity index (χ4n) is 3.95.